The number of pyridine rings is 1. The first-order valence-corrected chi connectivity index (χ1v) is 6.08. The second-order valence-corrected chi connectivity index (χ2v) is 4.29. The molecule has 0 aliphatic carbocycles. The highest BCUT2D eigenvalue weighted by Crippen LogP contribution is 2.16. The van der Waals surface area contributed by atoms with E-state index in [9.17, 15) is 0 Å². The Bertz CT molecular complexity index is 342. The minimum absolute atomic E-state index is 0.685. The lowest BCUT2D eigenvalue weighted by atomic mass is 10.3. The summed E-state index contributed by atoms with van der Waals surface area (Å²) in [6, 6.07) is 2.01. The van der Waals surface area contributed by atoms with E-state index in [0.29, 0.717) is 6.61 Å². The summed E-state index contributed by atoms with van der Waals surface area (Å²) in [5, 5.41) is 3.21. The summed E-state index contributed by atoms with van der Waals surface area (Å²) in [6.07, 6.45) is 4.55. The number of rotatable bonds is 7. The summed E-state index contributed by atoms with van der Waals surface area (Å²) in [4.78, 5) is 4.24. The maximum Gasteiger partial charge on any atom is 0.126 e. The maximum absolute atomic E-state index is 5.38. The summed E-state index contributed by atoms with van der Waals surface area (Å²) >= 11 is 3.42. The van der Waals surface area contributed by atoms with E-state index in [1.54, 1.807) is 6.20 Å². The Morgan fingerprint density at radius 3 is 3.06 bits per heavy atom. The number of ether oxygens (including phenoxy) is 1. The minimum Gasteiger partial charge on any atom is -0.379 e. The quantitative estimate of drug-likeness (QED) is 0.617. The van der Waals surface area contributed by atoms with Crippen molar-refractivity contribution in [3.8, 4) is 0 Å². The molecule has 0 aromatic carbocycles. The van der Waals surface area contributed by atoms with Crippen molar-refractivity contribution in [2.75, 3.05) is 25.1 Å². The summed E-state index contributed by atoms with van der Waals surface area (Å²) in [5.74, 6) is 0.882. The van der Waals surface area contributed by atoms with Crippen molar-refractivity contribution in [3.63, 3.8) is 0 Å². The zero-order valence-corrected chi connectivity index (χ0v) is 11.1. The van der Waals surface area contributed by atoms with E-state index in [4.69, 9.17) is 4.74 Å². The highest BCUT2D eigenvalue weighted by atomic mass is 79.9. The van der Waals surface area contributed by atoms with Gasteiger partial charge in [-0.15, -0.1) is 6.58 Å². The summed E-state index contributed by atoms with van der Waals surface area (Å²) in [5.41, 5.74) is 1.17. The van der Waals surface area contributed by atoms with Gasteiger partial charge in [0.25, 0.3) is 0 Å². The molecule has 0 aliphatic rings. The van der Waals surface area contributed by atoms with Crippen LogP contribution in [0.2, 0.25) is 0 Å². The van der Waals surface area contributed by atoms with E-state index >= 15 is 0 Å². The van der Waals surface area contributed by atoms with Crippen molar-refractivity contribution in [2.45, 2.75) is 13.3 Å². The molecule has 0 saturated carbocycles. The maximum atomic E-state index is 5.38. The van der Waals surface area contributed by atoms with Gasteiger partial charge in [-0.05, 0) is 40.9 Å². The third-order valence-electron chi connectivity index (χ3n) is 2.07. The van der Waals surface area contributed by atoms with Crippen LogP contribution >= 0.6 is 15.9 Å². The van der Waals surface area contributed by atoms with Gasteiger partial charge >= 0.3 is 0 Å². The number of anilines is 1. The number of aryl methyl sites for hydroxylation is 1. The van der Waals surface area contributed by atoms with Crippen molar-refractivity contribution < 1.29 is 4.74 Å². The Morgan fingerprint density at radius 1 is 1.56 bits per heavy atom. The first-order valence-electron chi connectivity index (χ1n) is 5.28. The Morgan fingerprint density at radius 2 is 2.38 bits per heavy atom. The molecule has 0 atom stereocenters. The van der Waals surface area contributed by atoms with Crippen LogP contribution in [0, 0.1) is 6.92 Å². The van der Waals surface area contributed by atoms with E-state index < -0.39 is 0 Å². The third kappa shape index (κ3) is 4.77. The molecular weight excluding hydrogens is 268 g/mol. The second kappa shape index (κ2) is 7.41. The van der Waals surface area contributed by atoms with Gasteiger partial charge in [0.2, 0.25) is 0 Å². The number of nitrogens with one attached hydrogen (secondary N) is 1. The average Bonchev–Trinajstić information content (AvgIpc) is 2.28. The van der Waals surface area contributed by atoms with Gasteiger partial charge in [-0.3, -0.25) is 0 Å². The van der Waals surface area contributed by atoms with Crippen LogP contribution in [0.3, 0.4) is 0 Å². The zero-order chi connectivity index (χ0) is 11.8. The Labute approximate surface area is 105 Å². The van der Waals surface area contributed by atoms with Crippen LogP contribution in [-0.2, 0) is 4.74 Å². The normalized spacial score (nSPS) is 10.1. The first kappa shape index (κ1) is 13.2. The van der Waals surface area contributed by atoms with Gasteiger partial charge in [0.05, 0.1) is 13.2 Å². The lowest BCUT2D eigenvalue weighted by Crippen LogP contribution is -2.10. The van der Waals surface area contributed by atoms with Crippen molar-refractivity contribution in [1.82, 2.24) is 4.98 Å². The molecule has 1 aromatic rings. The van der Waals surface area contributed by atoms with Crippen LogP contribution in [0.25, 0.3) is 0 Å². The van der Waals surface area contributed by atoms with E-state index in [2.05, 4.69) is 32.8 Å². The smallest absolute Gasteiger partial charge is 0.126 e. The molecule has 0 amide bonds. The molecule has 1 heterocycles. The lowest BCUT2D eigenvalue weighted by Gasteiger charge is -2.07. The predicted molar refractivity (Wildman–Crippen MR) is 70.8 cm³/mol. The molecule has 1 rings (SSSR count). The molecule has 1 N–H and O–H groups in total. The monoisotopic (exact) mass is 284 g/mol. The Hall–Kier alpha value is -0.870. The summed E-state index contributed by atoms with van der Waals surface area (Å²) < 4.78 is 6.41. The topological polar surface area (TPSA) is 34.1 Å². The number of nitrogens with zero attached hydrogens (tertiary/aromatic N) is 1. The molecule has 3 nitrogen and oxygen atoms in total. The average molecular weight is 285 g/mol. The van der Waals surface area contributed by atoms with E-state index in [-0.39, 0.29) is 0 Å². The highest BCUT2D eigenvalue weighted by Gasteiger charge is 1.97. The molecule has 1 aromatic heterocycles. The molecule has 4 heteroatoms. The second-order valence-electron chi connectivity index (χ2n) is 3.44. The largest absolute Gasteiger partial charge is 0.379 e. The SMILES string of the molecule is C=CCCOCCNc1cc(C)c(Br)cn1. The van der Waals surface area contributed by atoms with Crippen LogP contribution in [0.5, 0.6) is 0 Å². The van der Waals surface area contributed by atoms with Crippen LogP contribution < -0.4 is 5.32 Å². The molecule has 0 aliphatic heterocycles. The fraction of sp³-hybridized carbons (Fsp3) is 0.417. The standard InChI is InChI=1S/C12H17BrN2O/c1-3-4-6-16-7-5-14-12-8-10(2)11(13)9-15-12/h3,8-9H,1,4-7H2,2H3,(H,14,15). The molecule has 0 unspecified atom stereocenters. The van der Waals surface area contributed by atoms with Crippen LogP contribution in [0.4, 0.5) is 5.82 Å². The molecule has 88 valence electrons. The number of hydrogen-bond donors (Lipinski definition) is 1. The lowest BCUT2D eigenvalue weighted by molar-refractivity contribution is 0.149. The molecule has 0 spiro atoms. The van der Waals surface area contributed by atoms with E-state index in [1.165, 1.54) is 5.56 Å². The molecular formula is C12H17BrN2O. The van der Waals surface area contributed by atoms with Crippen LogP contribution in [0.1, 0.15) is 12.0 Å². The molecule has 0 saturated heterocycles. The molecule has 0 bridgehead atoms. The van der Waals surface area contributed by atoms with Gasteiger partial charge in [-0.1, -0.05) is 6.08 Å². The van der Waals surface area contributed by atoms with Gasteiger partial charge in [0.1, 0.15) is 5.82 Å². The zero-order valence-electron chi connectivity index (χ0n) is 9.50. The Balaban J connectivity index is 2.21. The first-order chi connectivity index (χ1) is 7.74. The number of hydrogen-bond acceptors (Lipinski definition) is 3. The highest BCUT2D eigenvalue weighted by molar-refractivity contribution is 9.10. The molecule has 0 fully saturated rings. The van der Waals surface area contributed by atoms with E-state index in [1.807, 2.05) is 19.1 Å². The van der Waals surface area contributed by atoms with Crippen molar-refractivity contribution in [2.24, 2.45) is 0 Å². The van der Waals surface area contributed by atoms with Gasteiger partial charge < -0.3 is 10.1 Å². The fourth-order valence-corrected chi connectivity index (χ4v) is 1.37. The number of aromatic nitrogens is 1. The van der Waals surface area contributed by atoms with Gasteiger partial charge in [-0.2, -0.15) is 0 Å². The molecule has 16 heavy (non-hydrogen) atoms. The summed E-state index contributed by atoms with van der Waals surface area (Å²) in [7, 11) is 0. The van der Waals surface area contributed by atoms with E-state index in [0.717, 1.165) is 29.9 Å². The van der Waals surface area contributed by atoms with Gasteiger partial charge in [0.15, 0.2) is 0 Å². The van der Waals surface area contributed by atoms with Crippen LogP contribution in [-0.4, -0.2) is 24.7 Å². The van der Waals surface area contributed by atoms with Crippen LogP contribution in [0.15, 0.2) is 29.4 Å². The van der Waals surface area contributed by atoms with Crippen molar-refractivity contribution >= 4 is 21.7 Å². The van der Waals surface area contributed by atoms with Gasteiger partial charge in [0, 0.05) is 17.2 Å². The van der Waals surface area contributed by atoms with Crippen molar-refractivity contribution in [1.29, 1.82) is 0 Å². The van der Waals surface area contributed by atoms with Crippen molar-refractivity contribution in [3.05, 3.63) is 35.0 Å². The number of halogens is 1. The fourth-order valence-electron chi connectivity index (χ4n) is 1.16. The van der Waals surface area contributed by atoms with Gasteiger partial charge in [-0.25, -0.2) is 4.98 Å². The third-order valence-corrected chi connectivity index (χ3v) is 2.90. The predicted octanol–water partition coefficient (Wildman–Crippen LogP) is 3.16. The molecule has 0 radical (unpaired) electrons. The summed E-state index contributed by atoms with van der Waals surface area (Å²) in [6.45, 7) is 7.86. The minimum atomic E-state index is 0.685. The Kier molecular flexibility index (Phi) is 6.11.